The standard InChI is InChI=1S/C44H41N3O/c1-44(2)31-6-4-3-5-28(31)43(48)30-17-29-36-32(18-45-40-26-13-20-7-21(14-26)10-24(9-20)34(36)40)47-33-19-46-41-27-15-22-8-23(16-27)12-25(11-22)35(41)37(33)38(39(30)44)42(29)47/h3-6,17-27H,7-16H2,1-2H3. The van der Waals surface area contributed by atoms with E-state index in [4.69, 9.17) is 9.97 Å². The predicted molar refractivity (Wildman–Crippen MR) is 190 cm³/mol. The molecule has 0 spiro atoms. The highest BCUT2D eigenvalue weighted by Gasteiger charge is 2.48. The summed E-state index contributed by atoms with van der Waals surface area (Å²) in [5.74, 6) is 5.85. The molecular weight excluding hydrogens is 587 g/mol. The number of hydrogen-bond acceptors (Lipinski definition) is 3. The van der Waals surface area contributed by atoms with E-state index in [0.29, 0.717) is 23.7 Å². The molecule has 0 N–H and O–H groups in total. The number of rotatable bonds is 0. The van der Waals surface area contributed by atoms with Crippen LogP contribution in [0.5, 0.6) is 0 Å². The maximum absolute atomic E-state index is 14.8. The van der Waals surface area contributed by atoms with Crippen molar-refractivity contribution in [1.82, 2.24) is 14.4 Å². The number of hydrogen-bond donors (Lipinski definition) is 0. The Morgan fingerprint density at radius 2 is 1.19 bits per heavy atom. The Morgan fingerprint density at radius 1 is 0.646 bits per heavy atom. The van der Waals surface area contributed by atoms with Crippen LogP contribution >= 0.6 is 0 Å². The first-order valence-corrected chi connectivity index (χ1v) is 19.1. The van der Waals surface area contributed by atoms with Crippen LogP contribution in [0.3, 0.4) is 0 Å². The van der Waals surface area contributed by atoms with Gasteiger partial charge in [0.25, 0.3) is 0 Å². The molecule has 4 fully saturated rings. The van der Waals surface area contributed by atoms with Gasteiger partial charge in [-0.25, -0.2) is 0 Å². The van der Waals surface area contributed by atoms with Crippen molar-refractivity contribution in [2.45, 2.75) is 107 Å². The molecule has 238 valence electrons. The topological polar surface area (TPSA) is 47.3 Å². The van der Waals surface area contributed by atoms with Crippen LogP contribution in [-0.2, 0) is 5.41 Å². The molecule has 6 aromatic rings. The SMILES string of the molecule is CC1(C)c2ccccc2C(=O)c2cc3c4c5c(ncc4n4c6cnc7c(c6c(c21)c34)C1CC2CC(CC7C2)C1)C1CC2CC(C1)CC5C2. The van der Waals surface area contributed by atoms with Gasteiger partial charge in [-0.1, -0.05) is 38.1 Å². The molecule has 0 saturated heterocycles. The summed E-state index contributed by atoms with van der Waals surface area (Å²) < 4.78 is 2.59. The average Bonchev–Trinajstić information content (AvgIpc) is 3.46. The minimum Gasteiger partial charge on any atom is -0.305 e. The van der Waals surface area contributed by atoms with Crippen LogP contribution in [0.1, 0.15) is 151 Å². The van der Waals surface area contributed by atoms with Crippen molar-refractivity contribution in [2.75, 3.05) is 0 Å². The normalized spacial score (nSPS) is 33.4. The molecule has 4 saturated carbocycles. The van der Waals surface area contributed by atoms with Gasteiger partial charge in [0.15, 0.2) is 5.78 Å². The maximum atomic E-state index is 14.8. The monoisotopic (exact) mass is 627 g/mol. The second-order valence-electron chi connectivity index (χ2n) is 18.1. The highest BCUT2D eigenvalue weighted by atomic mass is 16.1. The Labute approximate surface area is 280 Å². The molecule has 4 heteroatoms. The van der Waals surface area contributed by atoms with Gasteiger partial charge in [-0.3, -0.25) is 14.8 Å². The van der Waals surface area contributed by atoms with Gasteiger partial charge in [0.1, 0.15) is 0 Å². The largest absolute Gasteiger partial charge is 0.305 e. The van der Waals surface area contributed by atoms with E-state index in [-0.39, 0.29) is 11.2 Å². The first-order chi connectivity index (χ1) is 23.4. The Bertz CT molecular complexity index is 2460. The van der Waals surface area contributed by atoms with E-state index in [1.807, 2.05) is 6.07 Å². The zero-order chi connectivity index (χ0) is 31.4. The van der Waals surface area contributed by atoms with Gasteiger partial charge in [-0.2, -0.15) is 0 Å². The third-order valence-electron chi connectivity index (χ3n) is 15.4. The second-order valence-corrected chi connectivity index (χ2v) is 18.1. The molecule has 8 bridgehead atoms. The number of aromatic nitrogens is 3. The summed E-state index contributed by atoms with van der Waals surface area (Å²) in [6, 6.07) is 10.8. The van der Waals surface area contributed by atoms with E-state index < -0.39 is 0 Å². The molecule has 48 heavy (non-hydrogen) atoms. The van der Waals surface area contributed by atoms with Crippen molar-refractivity contribution < 1.29 is 4.79 Å². The smallest absolute Gasteiger partial charge is 0.193 e. The molecule has 2 aromatic carbocycles. The van der Waals surface area contributed by atoms with E-state index in [2.05, 4.69) is 54.9 Å². The van der Waals surface area contributed by atoms with Crippen molar-refractivity contribution in [3.63, 3.8) is 0 Å². The van der Waals surface area contributed by atoms with Gasteiger partial charge < -0.3 is 4.40 Å². The van der Waals surface area contributed by atoms with Gasteiger partial charge in [0, 0.05) is 61.3 Å². The maximum Gasteiger partial charge on any atom is 0.193 e. The van der Waals surface area contributed by atoms with Crippen LogP contribution in [0, 0.1) is 23.7 Å². The third kappa shape index (κ3) is 2.90. The fourth-order valence-electron chi connectivity index (χ4n) is 14.1. The first-order valence-electron chi connectivity index (χ1n) is 19.1. The van der Waals surface area contributed by atoms with Crippen molar-refractivity contribution in [2.24, 2.45) is 23.7 Å². The molecule has 4 nitrogen and oxygen atoms in total. The minimum atomic E-state index is -0.308. The first kappa shape index (κ1) is 26.1. The molecular formula is C44H41N3O. The number of nitrogens with zero attached hydrogens (tertiary/aromatic N) is 3. The molecule has 4 heterocycles. The lowest BCUT2D eigenvalue weighted by molar-refractivity contribution is 0.103. The lowest BCUT2D eigenvalue weighted by Gasteiger charge is -2.38. The lowest BCUT2D eigenvalue weighted by atomic mass is 9.66. The number of ketones is 1. The Hall–Kier alpha value is -3.79. The van der Waals surface area contributed by atoms with Crippen LogP contribution in [-0.4, -0.2) is 20.2 Å². The second kappa shape index (κ2) is 8.32. The zero-order valence-corrected chi connectivity index (χ0v) is 28.0. The molecule has 4 aromatic heterocycles. The summed E-state index contributed by atoms with van der Waals surface area (Å²) in [7, 11) is 0. The van der Waals surface area contributed by atoms with Crippen LogP contribution < -0.4 is 0 Å². The lowest BCUT2D eigenvalue weighted by Crippen LogP contribution is -2.30. The number of pyridine rings is 2. The van der Waals surface area contributed by atoms with Gasteiger partial charge in [-0.05, 0) is 128 Å². The van der Waals surface area contributed by atoms with Crippen molar-refractivity contribution >= 4 is 43.9 Å². The quantitative estimate of drug-likeness (QED) is 0.168. The summed E-state index contributed by atoms with van der Waals surface area (Å²) in [6.07, 6.45) is 17.8. The van der Waals surface area contributed by atoms with Gasteiger partial charge in [-0.15, -0.1) is 0 Å². The molecule has 0 aliphatic heterocycles. The van der Waals surface area contributed by atoms with Crippen LogP contribution in [0.2, 0.25) is 0 Å². The fourth-order valence-corrected chi connectivity index (χ4v) is 14.1. The van der Waals surface area contributed by atoms with Crippen LogP contribution in [0.15, 0.2) is 42.7 Å². The average molecular weight is 628 g/mol. The van der Waals surface area contributed by atoms with Crippen molar-refractivity contribution in [3.05, 3.63) is 87.5 Å². The predicted octanol–water partition coefficient (Wildman–Crippen LogP) is 10.3. The summed E-state index contributed by atoms with van der Waals surface area (Å²) in [6.45, 7) is 4.75. The number of fused-ring (bicyclic) bond motifs is 9. The Morgan fingerprint density at radius 3 is 1.81 bits per heavy atom. The molecule has 4 atom stereocenters. The molecule has 9 aliphatic carbocycles. The van der Waals surface area contributed by atoms with E-state index in [1.165, 1.54) is 119 Å². The van der Waals surface area contributed by atoms with E-state index in [1.54, 1.807) is 11.1 Å². The highest BCUT2D eigenvalue weighted by Crippen LogP contribution is 2.61. The summed E-state index contributed by atoms with van der Waals surface area (Å²) in [4.78, 5) is 25.7. The summed E-state index contributed by atoms with van der Waals surface area (Å²) in [5, 5.41) is 5.48. The molecule has 0 radical (unpaired) electrons. The zero-order valence-electron chi connectivity index (χ0n) is 28.0. The third-order valence-corrected chi connectivity index (χ3v) is 15.4. The fraction of sp³-hybridized carbons (Fsp3) is 0.477. The number of carbonyl (C=O) groups is 1. The van der Waals surface area contributed by atoms with Gasteiger partial charge in [0.05, 0.1) is 28.9 Å². The molecule has 15 rings (SSSR count). The Kier molecular flexibility index (Phi) is 4.53. The van der Waals surface area contributed by atoms with E-state index in [0.717, 1.165) is 40.4 Å². The Balaban J connectivity index is 1.25. The van der Waals surface area contributed by atoms with Crippen molar-refractivity contribution in [1.29, 1.82) is 0 Å². The number of carbonyl (C=O) groups excluding carboxylic acids is 1. The molecule has 4 unspecified atom stereocenters. The molecule has 9 aliphatic rings. The minimum absolute atomic E-state index is 0.202. The van der Waals surface area contributed by atoms with E-state index in [9.17, 15) is 4.79 Å². The van der Waals surface area contributed by atoms with Gasteiger partial charge >= 0.3 is 0 Å². The van der Waals surface area contributed by atoms with Crippen molar-refractivity contribution in [3.8, 4) is 0 Å². The molecule has 0 amide bonds. The van der Waals surface area contributed by atoms with Crippen LogP contribution in [0.4, 0.5) is 0 Å². The van der Waals surface area contributed by atoms with Gasteiger partial charge in [0.2, 0.25) is 0 Å². The summed E-state index contributed by atoms with van der Waals surface area (Å²) in [5.41, 5.74) is 13.6. The highest BCUT2D eigenvalue weighted by molar-refractivity contribution is 6.29. The van der Waals surface area contributed by atoms with E-state index >= 15 is 0 Å². The summed E-state index contributed by atoms with van der Waals surface area (Å²) >= 11 is 0. The van der Waals surface area contributed by atoms with Crippen LogP contribution in [0.25, 0.3) is 38.1 Å². The number of benzene rings is 2.